The summed E-state index contributed by atoms with van der Waals surface area (Å²) in [6.45, 7) is 3.47. The van der Waals surface area contributed by atoms with Crippen LogP contribution < -0.4 is 11.1 Å². The molecule has 0 atom stereocenters. The molecule has 0 radical (unpaired) electrons. The number of anilines is 1. The largest absolute Gasteiger partial charge is 0.397 e. The maximum Gasteiger partial charge on any atom is 0.257 e. The number of hydrogen-bond acceptors (Lipinski definition) is 4. The number of nitrogens with one attached hydrogen (secondary N) is 1. The third-order valence-corrected chi connectivity index (χ3v) is 3.93. The minimum absolute atomic E-state index is 0.0221. The maximum absolute atomic E-state index is 12.4. The van der Waals surface area contributed by atoms with E-state index in [0.29, 0.717) is 36.8 Å². The van der Waals surface area contributed by atoms with Crippen molar-refractivity contribution in [1.29, 1.82) is 0 Å². The van der Waals surface area contributed by atoms with Crippen molar-refractivity contribution in [3.05, 3.63) is 23.0 Å². The van der Waals surface area contributed by atoms with Gasteiger partial charge in [0.05, 0.1) is 17.4 Å². The number of rotatable bonds is 3. The number of hydrogen-bond donors (Lipinski definition) is 2. The van der Waals surface area contributed by atoms with E-state index in [1.165, 1.54) is 13.1 Å². The zero-order valence-corrected chi connectivity index (χ0v) is 12.7. The third-order valence-electron chi connectivity index (χ3n) is 3.63. The molecule has 0 bridgehead atoms. The Labute approximate surface area is 128 Å². The van der Waals surface area contributed by atoms with Crippen LogP contribution >= 0.6 is 11.6 Å². The van der Waals surface area contributed by atoms with Gasteiger partial charge in [0.25, 0.3) is 5.91 Å². The predicted molar refractivity (Wildman–Crippen MR) is 81.0 cm³/mol. The molecule has 3 N–H and O–H groups in total. The highest BCUT2D eigenvalue weighted by atomic mass is 35.5. The SMILES string of the molecule is CC(=O)NCC1CCN(C(=O)c2cc(N)cnc2Cl)CC1. The van der Waals surface area contributed by atoms with Crippen molar-refractivity contribution in [1.82, 2.24) is 15.2 Å². The molecule has 0 aliphatic carbocycles. The van der Waals surface area contributed by atoms with Gasteiger partial charge in [-0.1, -0.05) is 11.6 Å². The Kier molecular flexibility index (Phi) is 5.01. The van der Waals surface area contributed by atoms with E-state index >= 15 is 0 Å². The Morgan fingerprint density at radius 1 is 1.48 bits per heavy atom. The van der Waals surface area contributed by atoms with E-state index in [0.717, 1.165) is 12.8 Å². The van der Waals surface area contributed by atoms with Crippen molar-refractivity contribution in [3.8, 4) is 0 Å². The van der Waals surface area contributed by atoms with Crippen molar-refractivity contribution < 1.29 is 9.59 Å². The van der Waals surface area contributed by atoms with Crippen molar-refractivity contribution in [2.75, 3.05) is 25.4 Å². The summed E-state index contributed by atoms with van der Waals surface area (Å²) in [6.07, 6.45) is 3.15. The van der Waals surface area contributed by atoms with Gasteiger partial charge in [-0.05, 0) is 24.8 Å². The molecule has 1 saturated heterocycles. The fourth-order valence-electron chi connectivity index (χ4n) is 2.41. The minimum Gasteiger partial charge on any atom is -0.397 e. The summed E-state index contributed by atoms with van der Waals surface area (Å²) in [6, 6.07) is 1.56. The van der Waals surface area contributed by atoms with E-state index in [-0.39, 0.29) is 17.0 Å². The zero-order valence-electron chi connectivity index (χ0n) is 11.9. The summed E-state index contributed by atoms with van der Waals surface area (Å²) in [5.41, 5.74) is 6.42. The van der Waals surface area contributed by atoms with Crippen LogP contribution in [0.4, 0.5) is 5.69 Å². The summed E-state index contributed by atoms with van der Waals surface area (Å²) in [5.74, 6) is 0.247. The Morgan fingerprint density at radius 3 is 2.76 bits per heavy atom. The Morgan fingerprint density at radius 2 is 2.14 bits per heavy atom. The molecule has 21 heavy (non-hydrogen) atoms. The first-order chi connectivity index (χ1) is 9.97. The lowest BCUT2D eigenvalue weighted by Gasteiger charge is -2.32. The van der Waals surface area contributed by atoms with Gasteiger partial charge >= 0.3 is 0 Å². The number of amides is 2. The molecule has 6 nitrogen and oxygen atoms in total. The van der Waals surface area contributed by atoms with E-state index in [4.69, 9.17) is 17.3 Å². The van der Waals surface area contributed by atoms with E-state index in [9.17, 15) is 9.59 Å². The first-order valence-corrected chi connectivity index (χ1v) is 7.30. The number of nitrogen functional groups attached to an aromatic ring is 1. The molecule has 0 unspecified atom stereocenters. The summed E-state index contributed by atoms with van der Waals surface area (Å²) in [5, 5.41) is 2.99. The van der Waals surface area contributed by atoms with Crippen LogP contribution in [-0.2, 0) is 4.79 Å². The van der Waals surface area contributed by atoms with Crippen LogP contribution in [0, 0.1) is 5.92 Å². The fourth-order valence-corrected chi connectivity index (χ4v) is 2.60. The van der Waals surface area contributed by atoms with Crippen LogP contribution in [0.3, 0.4) is 0 Å². The lowest BCUT2D eigenvalue weighted by Crippen LogP contribution is -2.41. The highest BCUT2D eigenvalue weighted by molar-refractivity contribution is 6.32. The number of likely N-dealkylation sites (tertiary alicyclic amines) is 1. The molecule has 1 aliphatic rings. The van der Waals surface area contributed by atoms with Crippen LogP contribution in [0.2, 0.25) is 5.15 Å². The minimum atomic E-state index is -0.141. The number of nitrogens with zero attached hydrogens (tertiary/aromatic N) is 2. The van der Waals surface area contributed by atoms with Crippen molar-refractivity contribution >= 4 is 29.1 Å². The first-order valence-electron chi connectivity index (χ1n) is 6.92. The lowest BCUT2D eigenvalue weighted by molar-refractivity contribution is -0.119. The summed E-state index contributed by atoms with van der Waals surface area (Å²) in [4.78, 5) is 29.0. The van der Waals surface area contributed by atoms with Crippen LogP contribution in [0.15, 0.2) is 12.3 Å². The van der Waals surface area contributed by atoms with Gasteiger partial charge in [0.15, 0.2) is 0 Å². The van der Waals surface area contributed by atoms with Crippen molar-refractivity contribution in [2.45, 2.75) is 19.8 Å². The fraction of sp³-hybridized carbons (Fsp3) is 0.500. The Hall–Kier alpha value is -1.82. The van der Waals surface area contributed by atoms with E-state index in [1.54, 1.807) is 11.0 Å². The van der Waals surface area contributed by atoms with Crippen molar-refractivity contribution in [3.63, 3.8) is 0 Å². The molecule has 2 rings (SSSR count). The Balaban J connectivity index is 1.94. The molecule has 1 fully saturated rings. The number of aromatic nitrogens is 1. The lowest BCUT2D eigenvalue weighted by atomic mass is 9.96. The van der Waals surface area contributed by atoms with Gasteiger partial charge in [-0.15, -0.1) is 0 Å². The van der Waals surface area contributed by atoms with Gasteiger partial charge in [0.2, 0.25) is 5.91 Å². The number of pyridine rings is 1. The zero-order chi connectivity index (χ0) is 15.4. The highest BCUT2D eigenvalue weighted by Crippen LogP contribution is 2.22. The summed E-state index contributed by atoms with van der Waals surface area (Å²) in [7, 11) is 0. The average Bonchev–Trinajstić information content (AvgIpc) is 2.47. The number of piperidine rings is 1. The number of nitrogens with two attached hydrogens (primary N) is 1. The third kappa shape index (κ3) is 4.07. The van der Waals surface area contributed by atoms with Gasteiger partial charge < -0.3 is 16.0 Å². The van der Waals surface area contributed by atoms with Crippen LogP contribution in [0.25, 0.3) is 0 Å². The van der Waals surface area contributed by atoms with Gasteiger partial charge in [-0.2, -0.15) is 0 Å². The average molecular weight is 311 g/mol. The van der Waals surface area contributed by atoms with E-state index < -0.39 is 0 Å². The van der Waals surface area contributed by atoms with Gasteiger partial charge in [0.1, 0.15) is 5.15 Å². The normalized spacial score (nSPS) is 15.8. The molecule has 1 aromatic heterocycles. The molecular formula is C14H19ClN4O2. The molecular weight excluding hydrogens is 292 g/mol. The second kappa shape index (κ2) is 6.76. The monoisotopic (exact) mass is 310 g/mol. The second-order valence-electron chi connectivity index (χ2n) is 5.28. The summed E-state index contributed by atoms with van der Waals surface area (Å²) < 4.78 is 0. The number of carbonyl (C=O) groups excluding carboxylic acids is 2. The van der Waals surface area contributed by atoms with Crippen LogP contribution in [0.1, 0.15) is 30.1 Å². The summed E-state index contributed by atoms with van der Waals surface area (Å²) >= 11 is 5.96. The molecule has 1 aromatic rings. The molecule has 7 heteroatoms. The van der Waals surface area contributed by atoms with E-state index in [1.807, 2.05) is 0 Å². The van der Waals surface area contributed by atoms with E-state index in [2.05, 4.69) is 10.3 Å². The quantitative estimate of drug-likeness (QED) is 0.824. The van der Waals surface area contributed by atoms with Gasteiger partial charge in [-0.3, -0.25) is 9.59 Å². The maximum atomic E-state index is 12.4. The molecule has 2 amide bonds. The predicted octanol–water partition coefficient (Wildman–Crippen LogP) is 1.31. The second-order valence-corrected chi connectivity index (χ2v) is 5.64. The van der Waals surface area contributed by atoms with Crippen LogP contribution in [0.5, 0.6) is 0 Å². The number of carbonyl (C=O) groups is 2. The van der Waals surface area contributed by atoms with Crippen molar-refractivity contribution in [2.24, 2.45) is 5.92 Å². The highest BCUT2D eigenvalue weighted by Gasteiger charge is 2.25. The number of halogens is 1. The standard InChI is InChI=1S/C14H19ClN4O2/c1-9(20)17-7-10-2-4-19(5-3-10)14(21)12-6-11(16)8-18-13(12)15/h6,8,10H,2-5,7,16H2,1H3,(H,17,20). The molecule has 0 saturated carbocycles. The smallest absolute Gasteiger partial charge is 0.257 e. The van der Waals surface area contributed by atoms with Crippen LogP contribution in [-0.4, -0.2) is 41.3 Å². The molecule has 2 heterocycles. The molecule has 1 aliphatic heterocycles. The van der Waals surface area contributed by atoms with Gasteiger partial charge in [-0.25, -0.2) is 4.98 Å². The molecule has 114 valence electrons. The van der Waals surface area contributed by atoms with Gasteiger partial charge in [0, 0.05) is 26.6 Å². The Bertz CT molecular complexity index is 542. The molecule has 0 aromatic carbocycles. The topological polar surface area (TPSA) is 88.3 Å². The first kappa shape index (κ1) is 15.6. The molecule has 0 spiro atoms.